The van der Waals surface area contributed by atoms with Gasteiger partial charge in [-0.3, -0.25) is 14.5 Å². The van der Waals surface area contributed by atoms with Crippen molar-refractivity contribution in [3.8, 4) is 0 Å². The highest BCUT2D eigenvalue weighted by atomic mass is 19.4. The molecule has 2 fully saturated rings. The molecule has 0 bridgehead atoms. The van der Waals surface area contributed by atoms with E-state index >= 15 is 0 Å². The van der Waals surface area contributed by atoms with Crippen LogP contribution in [0, 0.1) is 5.82 Å². The van der Waals surface area contributed by atoms with Crippen LogP contribution in [0.4, 0.5) is 36.4 Å². The number of hydrogen-bond acceptors (Lipinski definition) is 3. The highest BCUT2D eigenvalue weighted by Crippen LogP contribution is 2.41. The van der Waals surface area contributed by atoms with E-state index in [0.717, 1.165) is 5.56 Å². The van der Waals surface area contributed by atoms with Crippen molar-refractivity contribution in [1.82, 2.24) is 10.2 Å². The van der Waals surface area contributed by atoms with Crippen molar-refractivity contribution in [1.29, 1.82) is 0 Å². The zero-order chi connectivity index (χ0) is 32.6. The molecule has 0 radical (unpaired) electrons. The summed E-state index contributed by atoms with van der Waals surface area (Å²) in [6.07, 6.45) is -7.97. The van der Waals surface area contributed by atoms with E-state index in [0.29, 0.717) is 56.6 Å². The number of anilines is 1. The van der Waals surface area contributed by atoms with Gasteiger partial charge in [0.25, 0.3) is 0 Å². The molecule has 2 aliphatic rings. The minimum atomic E-state index is -5.03. The Labute approximate surface area is 256 Å². The lowest BCUT2D eigenvalue weighted by molar-refractivity contribution is -0.143. The molecular weight excluding hydrogens is 603 g/mol. The van der Waals surface area contributed by atoms with Crippen LogP contribution >= 0.6 is 0 Å². The van der Waals surface area contributed by atoms with Gasteiger partial charge in [0.2, 0.25) is 11.8 Å². The molecule has 1 N–H and O–H groups in total. The lowest BCUT2D eigenvalue weighted by Gasteiger charge is -2.46. The zero-order valence-corrected chi connectivity index (χ0v) is 24.4. The molecule has 0 unspecified atom stereocenters. The predicted molar refractivity (Wildman–Crippen MR) is 154 cm³/mol. The monoisotopic (exact) mass is 635 g/mol. The van der Waals surface area contributed by atoms with Crippen LogP contribution in [-0.4, -0.2) is 42.4 Å². The molecular formula is C33H32F7N3O2. The summed E-state index contributed by atoms with van der Waals surface area (Å²) in [4.78, 5) is 30.3. The summed E-state index contributed by atoms with van der Waals surface area (Å²) in [5.74, 6) is -2.50. The zero-order valence-electron chi connectivity index (χ0n) is 24.4. The Morgan fingerprint density at radius 3 is 1.98 bits per heavy atom. The van der Waals surface area contributed by atoms with E-state index in [2.05, 4.69) is 10.2 Å². The lowest BCUT2D eigenvalue weighted by Crippen LogP contribution is -2.57. The average Bonchev–Trinajstić information content (AvgIpc) is 3.01. The Morgan fingerprint density at radius 1 is 0.867 bits per heavy atom. The summed E-state index contributed by atoms with van der Waals surface area (Å²) in [7, 11) is 0. The molecule has 1 heterocycles. The number of amides is 2. The minimum absolute atomic E-state index is 0.0216. The van der Waals surface area contributed by atoms with Gasteiger partial charge in [-0.15, -0.1) is 0 Å². The van der Waals surface area contributed by atoms with Crippen molar-refractivity contribution < 1.29 is 40.3 Å². The third-order valence-corrected chi connectivity index (χ3v) is 8.91. The Morgan fingerprint density at radius 2 is 1.44 bits per heavy atom. The Hall–Kier alpha value is -3.93. The number of carbonyl (C=O) groups is 2. The highest BCUT2D eigenvalue weighted by molar-refractivity contribution is 5.95. The van der Waals surface area contributed by atoms with E-state index in [1.165, 1.54) is 19.1 Å². The maximum absolute atomic E-state index is 13.6. The van der Waals surface area contributed by atoms with Crippen molar-refractivity contribution in [3.05, 3.63) is 101 Å². The van der Waals surface area contributed by atoms with Crippen LogP contribution < -0.4 is 10.2 Å². The van der Waals surface area contributed by atoms with Gasteiger partial charge in [-0.05, 0) is 86.2 Å². The third-order valence-electron chi connectivity index (χ3n) is 8.91. The van der Waals surface area contributed by atoms with Crippen molar-refractivity contribution in [3.63, 3.8) is 0 Å². The molecule has 1 atom stereocenters. The van der Waals surface area contributed by atoms with Gasteiger partial charge >= 0.3 is 12.4 Å². The van der Waals surface area contributed by atoms with Crippen LogP contribution in [0.25, 0.3) is 0 Å². The normalized spacial score (nSPS) is 22.3. The topological polar surface area (TPSA) is 52.7 Å². The van der Waals surface area contributed by atoms with Crippen LogP contribution in [0.15, 0.2) is 72.8 Å². The molecule has 5 nitrogen and oxygen atoms in total. The van der Waals surface area contributed by atoms with Gasteiger partial charge in [-0.2, -0.15) is 26.3 Å². The van der Waals surface area contributed by atoms with Gasteiger partial charge in [0.05, 0.1) is 29.1 Å². The number of benzene rings is 3. The maximum atomic E-state index is 13.6. The SMILES string of the molecule is C[C@H](C(=O)NC1(c2ccccc2)CCC(N2CCN(c3ccc(F)cc3)C(=O)C2)CC1)c1cc(C(F)(F)F)cc(C(F)(F)F)c1. The number of hydrogen-bond donors (Lipinski definition) is 1. The second kappa shape index (κ2) is 12.5. The summed E-state index contributed by atoms with van der Waals surface area (Å²) in [6.45, 7) is 2.48. The van der Waals surface area contributed by atoms with Gasteiger partial charge in [0.1, 0.15) is 5.82 Å². The molecule has 1 saturated carbocycles. The van der Waals surface area contributed by atoms with Crippen LogP contribution in [0.5, 0.6) is 0 Å². The molecule has 1 saturated heterocycles. The van der Waals surface area contributed by atoms with E-state index in [4.69, 9.17) is 0 Å². The summed E-state index contributed by atoms with van der Waals surface area (Å²) >= 11 is 0. The Kier molecular flexibility index (Phi) is 8.99. The van der Waals surface area contributed by atoms with Crippen molar-refractivity contribution in [2.75, 3.05) is 24.5 Å². The Bertz CT molecular complexity index is 1480. The molecule has 12 heteroatoms. The fourth-order valence-electron chi connectivity index (χ4n) is 6.33. The minimum Gasteiger partial charge on any atom is -0.346 e. The van der Waals surface area contributed by atoms with Crippen LogP contribution in [-0.2, 0) is 27.5 Å². The summed E-state index contributed by atoms with van der Waals surface area (Å²) < 4.78 is 94.2. The summed E-state index contributed by atoms with van der Waals surface area (Å²) in [5, 5.41) is 3.00. The van der Waals surface area contributed by atoms with Gasteiger partial charge in [-0.1, -0.05) is 30.3 Å². The van der Waals surface area contributed by atoms with E-state index in [1.807, 2.05) is 12.1 Å². The standard InChI is InChI=1S/C33H32F7N3O2/c1-21(22-17-24(32(35,36)37)19-25(18-22)33(38,39)40)30(45)41-31(23-5-3-2-4-6-23)13-11-27(12-14-31)42-15-16-43(29(44)20-42)28-9-7-26(34)8-10-28/h2-10,17-19,21,27H,11-16,20H2,1H3,(H,41,45)/t21-,27?,31?/m0/s1. The number of nitrogens with one attached hydrogen (secondary N) is 1. The average molecular weight is 636 g/mol. The van der Waals surface area contributed by atoms with Crippen molar-refractivity contribution in [2.45, 2.75) is 62.5 Å². The second-order valence-electron chi connectivity index (χ2n) is 11.7. The van der Waals surface area contributed by atoms with Crippen molar-refractivity contribution in [2.24, 2.45) is 0 Å². The van der Waals surface area contributed by atoms with Crippen molar-refractivity contribution >= 4 is 17.5 Å². The van der Waals surface area contributed by atoms with Gasteiger partial charge < -0.3 is 10.2 Å². The quantitative estimate of drug-likeness (QED) is 0.290. The van der Waals surface area contributed by atoms with Crippen LogP contribution in [0.2, 0.25) is 0 Å². The lowest BCUT2D eigenvalue weighted by atomic mass is 9.74. The highest BCUT2D eigenvalue weighted by Gasteiger charge is 2.42. The smallest absolute Gasteiger partial charge is 0.346 e. The molecule has 1 aliphatic carbocycles. The molecule has 45 heavy (non-hydrogen) atoms. The number of alkyl halides is 6. The molecule has 1 aliphatic heterocycles. The number of piperazine rings is 1. The summed E-state index contributed by atoms with van der Waals surface area (Å²) in [6, 6.07) is 16.1. The van der Waals surface area contributed by atoms with E-state index in [1.54, 1.807) is 35.2 Å². The van der Waals surface area contributed by atoms with Crippen LogP contribution in [0.1, 0.15) is 60.8 Å². The number of carbonyl (C=O) groups excluding carboxylic acids is 2. The molecule has 2 amide bonds. The first-order chi connectivity index (χ1) is 21.2. The maximum Gasteiger partial charge on any atom is 0.416 e. The van der Waals surface area contributed by atoms with E-state index in [-0.39, 0.29) is 30.1 Å². The van der Waals surface area contributed by atoms with E-state index < -0.39 is 46.7 Å². The first-order valence-electron chi connectivity index (χ1n) is 14.6. The molecule has 3 aromatic rings. The fraction of sp³-hybridized carbons (Fsp3) is 0.394. The first kappa shape index (κ1) is 32.5. The fourth-order valence-corrected chi connectivity index (χ4v) is 6.33. The van der Waals surface area contributed by atoms with Gasteiger partial charge in [0.15, 0.2) is 0 Å². The molecule has 5 rings (SSSR count). The molecule has 0 spiro atoms. The molecule has 240 valence electrons. The predicted octanol–water partition coefficient (Wildman–Crippen LogP) is 7.27. The summed E-state index contributed by atoms with van der Waals surface area (Å²) in [5.41, 5.74) is -2.84. The number of halogens is 7. The second-order valence-corrected chi connectivity index (χ2v) is 11.7. The third kappa shape index (κ3) is 7.16. The van der Waals surface area contributed by atoms with Gasteiger partial charge in [-0.25, -0.2) is 4.39 Å². The largest absolute Gasteiger partial charge is 0.416 e. The van der Waals surface area contributed by atoms with E-state index in [9.17, 15) is 40.3 Å². The molecule has 0 aromatic heterocycles. The first-order valence-corrected chi connectivity index (χ1v) is 14.6. The molecule has 3 aromatic carbocycles. The van der Waals surface area contributed by atoms with Crippen LogP contribution in [0.3, 0.4) is 0 Å². The number of nitrogens with zero attached hydrogens (tertiary/aromatic N) is 2. The number of rotatable bonds is 6. The Balaban J connectivity index is 1.32. The van der Waals surface area contributed by atoms with Gasteiger partial charge in [0, 0.05) is 24.8 Å².